The average molecular weight is 404 g/mol. The zero-order valence-corrected chi connectivity index (χ0v) is 15.2. The number of H-pyrrole nitrogens is 2. The third-order valence-electron chi connectivity index (χ3n) is 4.06. The third-order valence-corrected chi connectivity index (χ3v) is 4.27. The normalized spacial score (nSPS) is 11.8. The number of fused-ring (bicyclic) bond motifs is 1. The number of aromatic nitrogens is 2. The summed E-state index contributed by atoms with van der Waals surface area (Å²) in [5.74, 6) is -3.48. The average Bonchev–Trinajstić information content (AvgIpc) is 2.67. The second-order valence-electron chi connectivity index (χ2n) is 5.86. The van der Waals surface area contributed by atoms with E-state index in [1.807, 2.05) is 0 Å². The first kappa shape index (κ1) is 19.4. The fourth-order valence-electron chi connectivity index (χ4n) is 2.66. The molecule has 4 N–H and O–H groups in total. The SMILES string of the molecule is CNC(=O)C(NC(=O)c1ccc2c(=O)[nH]c(=S)[nH]c2c1)c1ccc(F)c(F)c1. The fraction of sp³-hybridized carbons (Fsp3) is 0.111. The molecule has 0 bridgehead atoms. The third kappa shape index (κ3) is 3.81. The van der Waals surface area contributed by atoms with Gasteiger partial charge in [0.1, 0.15) is 6.04 Å². The zero-order chi connectivity index (χ0) is 20.4. The van der Waals surface area contributed by atoms with Crippen molar-refractivity contribution in [2.75, 3.05) is 7.05 Å². The Bertz CT molecular complexity index is 1210. The minimum absolute atomic E-state index is 0.0724. The minimum atomic E-state index is -1.25. The Labute approximate surface area is 161 Å². The number of likely N-dealkylation sites (N-methyl/N-ethyl adjacent to an activating group) is 1. The van der Waals surface area contributed by atoms with Crippen LogP contribution in [0.5, 0.6) is 0 Å². The Hall–Kier alpha value is -3.40. The number of rotatable bonds is 4. The van der Waals surface area contributed by atoms with Crippen molar-refractivity contribution in [3.05, 3.63) is 74.3 Å². The molecule has 0 saturated heterocycles. The van der Waals surface area contributed by atoms with Gasteiger partial charge in [0.2, 0.25) is 5.91 Å². The Morgan fingerprint density at radius 3 is 2.50 bits per heavy atom. The number of carbonyl (C=O) groups excluding carboxylic acids is 2. The molecule has 0 spiro atoms. The van der Waals surface area contributed by atoms with Crippen LogP contribution in [0.1, 0.15) is 22.0 Å². The van der Waals surface area contributed by atoms with Crippen molar-refractivity contribution in [2.24, 2.45) is 0 Å². The largest absolute Gasteiger partial charge is 0.357 e. The van der Waals surface area contributed by atoms with Crippen LogP contribution in [0.4, 0.5) is 8.78 Å². The molecule has 1 unspecified atom stereocenters. The van der Waals surface area contributed by atoms with Gasteiger partial charge in [0, 0.05) is 12.6 Å². The van der Waals surface area contributed by atoms with Gasteiger partial charge < -0.3 is 15.6 Å². The van der Waals surface area contributed by atoms with E-state index in [-0.39, 0.29) is 15.9 Å². The van der Waals surface area contributed by atoms with E-state index in [1.165, 1.54) is 31.3 Å². The lowest BCUT2D eigenvalue weighted by atomic mass is 10.0. The summed E-state index contributed by atoms with van der Waals surface area (Å²) in [5.41, 5.74) is 0.143. The van der Waals surface area contributed by atoms with Gasteiger partial charge in [-0.15, -0.1) is 0 Å². The van der Waals surface area contributed by atoms with Gasteiger partial charge in [-0.1, -0.05) is 6.07 Å². The summed E-state index contributed by atoms with van der Waals surface area (Å²) in [5, 5.41) is 5.14. The molecule has 10 heteroatoms. The highest BCUT2D eigenvalue weighted by molar-refractivity contribution is 7.71. The molecule has 0 aliphatic rings. The fourth-order valence-corrected chi connectivity index (χ4v) is 2.86. The summed E-state index contributed by atoms with van der Waals surface area (Å²) in [6.45, 7) is 0. The van der Waals surface area contributed by atoms with Crippen molar-refractivity contribution in [2.45, 2.75) is 6.04 Å². The van der Waals surface area contributed by atoms with Crippen LogP contribution in [0.15, 0.2) is 41.2 Å². The highest BCUT2D eigenvalue weighted by Gasteiger charge is 2.24. The molecule has 1 heterocycles. The monoisotopic (exact) mass is 404 g/mol. The molecule has 0 aliphatic carbocycles. The Morgan fingerprint density at radius 2 is 1.82 bits per heavy atom. The molecule has 2 amide bonds. The highest BCUT2D eigenvalue weighted by atomic mass is 32.1. The molecule has 0 radical (unpaired) electrons. The predicted octanol–water partition coefficient (Wildman–Crippen LogP) is 2.08. The summed E-state index contributed by atoms with van der Waals surface area (Å²) in [6.07, 6.45) is 0. The zero-order valence-electron chi connectivity index (χ0n) is 14.4. The molecule has 28 heavy (non-hydrogen) atoms. The van der Waals surface area contributed by atoms with E-state index in [1.54, 1.807) is 0 Å². The maximum absolute atomic E-state index is 13.6. The molecule has 144 valence electrons. The number of benzene rings is 2. The maximum Gasteiger partial charge on any atom is 0.259 e. The first-order valence-electron chi connectivity index (χ1n) is 8.04. The smallest absolute Gasteiger partial charge is 0.259 e. The van der Waals surface area contributed by atoms with E-state index in [0.29, 0.717) is 10.9 Å². The molecule has 3 aromatic rings. The van der Waals surface area contributed by atoms with Crippen molar-refractivity contribution in [3.8, 4) is 0 Å². The lowest BCUT2D eigenvalue weighted by Crippen LogP contribution is -2.39. The minimum Gasteiger partial charge on any atom is -0.357 e. The second-order valence-corrected chi connectivity index (χ2v) is 6.27. The van der Waals surface area contributed by atoms with E-state index < -0.39 is 35.0 Å². The number of carbonyl (C=O) groups is 2. The van der Waals surface area contributed by atoms with Gasteiger partial charge in [-0.2, -0.15) is 0 Å². The number of aromatic amines is 2. The van der Waals surface area contributed by atoms with Gasteiger partial charge in [0.15, 0.2) is 16.4 Å². The van der Waals surface area contributed by atoms with E-state index >= 15 is 0 Å². The lowest BCUT2D eigenvalue weighted by Gasteiger charge is -2.18. The Morgan fingerprint density at radius 1 is 1.07 bits per heavy atom. The Balaban J connectivity index is 1.96. The number of hydrogen-bond donors (Lipinski definition) is 4. The second kappa shape index (κ2) is 7.69. The van der Waals surface area contributed by atoms with E-state index in [4.69, 9.17) is 12.2 Å². The van der Waals surface area contributed by atoms with Crippen LogP contribution >= 0.6 is 12.2 Å². The van der Waals surface area contributed by atoms with Gasteiger partial charge in [-0.3, -0.25) is 19.4 Å². The number of halogens is 2. The topological polar surface area (TPSA) is 107 Å². The molecular weight excluding hydrogens is 390 g/mol. The summed E-state index contributed by atoms with van der Waals surface area (Å²) in [4.78, 5) is 41.9. The lowest BCUT2D eigenvalue weighted by molar-refractivity contribution is -0.122. The van der Waals surface area contributed by atoms with Crippen LogP contribution in [0.2, 0.25) is 0 Å². The van der Waals surface area contributed by atoms with Gasteiger partial charge in [-0.25, -0.2) is 8.78 Å². The standard InChI is InChI=1S/C18H14F2N4O3S/c1-21-17(27)14(8-3-5-11(19)12(20)6-8)23-15(25)9-2-4-10-13(7-9)22-18(28)24-16(10)26/h2-7,14H,1H3,(H,21,27)(H,23,25)(H2,22,24,26,28). The van der Waals surface area contributed by atoms with Crippen molar-refractivity contribution in [1.82, 2.24) is 20.6 Å². The molecule has 0 saturated carbocycles. The molecule has 0 fully saturated rings. The van der Waals surface area contributed by atoms with Gasteiger partial charge in [-0.05, 0) is 48.1 Å². The van der Waals surface area contributed by atoms with Crippen LogP contribution in [0, 0.1) is 16.4 Å². The summed E-state index contributed by atoms with van der Waals surface area (Å²) in [7, 11) is 1.35. The first-order chi connectivity index (χ1) is 13.3. The van der Waals surface area contributed by atoms with Gasteiger partial charge in [0.25, 0.3) is 11.5 Å². The molecule has 3 rings (SSSR count). The Kier molecular flexibility index (Phi) is 5.32. The molecule has 7 nitrogen and oxygen atoms in total. The van der Waals surface area contributed by atoms with E-state index in [9.17, 15) is 23.2 Å². The van der Waals surface area contributed by atoms with E-state index in [0.717, 1.165) is 12.1 Å². The van der Waals surface area contributed by atoms with Crippen molar-refractivity contribution < 1.29 is 18.4 Å². The van der Waals surface area contributed by atoms with Crippen LogP contribution < -0.4 is 16.2 Å². The van der Waals surface area contributed by atoms with Crippen LogP contribution in [-0.4, -0.2) is 28.8 Å². The summed E-state index contributed by atoms with van der Waals surface area (Å²) in [6, 6.07) is 5.90. The van der Waals surface area contributed by atoms with Crippen LogP contribution in [-0.2, 0) is 4.79 Å². The van der Waals surface area contributed by atoms with Crippen molar-refractivity contribution in [3.63, 3.8) is 0 Å². The molecular formula is C18H14F2N4O3S. The first-order valence-corrected chi connectivity index (χ1v) is 8.44. The number of nitrogens with one attached hydrogen (secondary N) is 4. The van der Waals surface area contributed by atoms with Crippen LogP contribution in [0.25, 0.3) is 10.9 Å². The molecule has 0 aliphatic heterocycles. The highest BCUT2D eigenvalue weighted by Crippen LogP contribution is 2.18. The molecule has 2 aromatic carbocycles. The predicted molar refractivity (Wildman–Crippen MR) is 100 cm³/mol. The van der Waals surface area contributed by atoms with E-state index in [2.05, 4.69) is 20.6 Å². The van der Waals surface area contributed by atoms with Crippen molar-refractivity contribution >= 4 is 34.9 Å². The summed E-state index contributed by atoms with van der Waals surface area (Å²) < 4.78 is 26.8. The van der Waals surface area contributed by atoms with Gasteiger partial charge >= 0.3 is 0 Å². The molecule has 1 aromatic heterocycles. The quantitative estimate of drug-likeness (QED) is 0.500. The van der Waals surface area contributed by atoms with Crippen LogP contribution in [0.3, 0.4) is 0 Å². The molecule has 1 atom stereocenters. The van der Waals surface area contributed by atoms with Crippen molar-refractivity contribution in [1.29, 1.82) is 0 Å². The maximum atomic E-state index is 13.6. The van der Waals surface area contributed by atoms with Gasteiger partial charge in [0.05, 0.1) is 10.9 Å². The number of amides is 2. The summed E-state index contributed by atoms with van der Waals surface area (Å²) >= 11 is 4.91. The number of hydrogen-bond acceptors (Lipinski definition) is 4.